The molecule has 0 aromatic heterocycles. The number of hydrogen-bond acceptors (Lipinski definition) is 7. The van der Waals surface area contributed by atoms with Crippen LogP contribution in [0, 0.1) is 0 Å². The molecular formula is C22H23NO6. The number of nitrogens with one attached hydrogen (secondary N) is 1. The average Bonchev–Trinajstić information content (AvgIpc) is 3.19. The van der Waals surface area contributed by atoms with E-state index in [1.165, 1.54) is 13.2 Å². The van der Waals surface area contributed by atoms with Gasteiger partial charge in [-0.25, -0.2) is 9.59 Å². The number of rotatable bonds is 7. The predicted molar refractivity (Wildman–Crippen MR) is 105 cm³/mol. The van der Waals surface area contributed by atoms with Crippen molar-refractivity contribution in [2.24, 2.45) is 0 Å². The Hall–Kier alpha value is -3.16. The molecule has 0 radical (unpaired) electrons. The summed E-state index contributed by atoms with van der Waals surface area (Å²) < 4.78 is 21.5. The van der Waals surface area contributed by atoms with Gasteiger partial charge in [0.05, 0.1) is 20.3 Å². The maximum absolute atomic E-state index is 13.1. The molecule has 0 aliphatic carbocycles. The Bertz CT molecular complexity index is 867. The Morgan fingerprint density at radius 1 is 1.14 bits per heavy atom. The molecule has 1 fully saturated rings. The molecule has 1 saturated heterocycles. The van der Waals surface area contributed by atoms with E-state index < -0.39 is 29.8 Å². The molecule has 29 heavy (non-hydrogen) atoms. The van der Waals surface area contributed by atoms with Crippen LogP contribution in [0.3, 0.4) is 0 Å². The number of hydrogen-bond donors (Lipinski definition) is 1. The predicted octanol–water partition coefficient (Wildman–Crippen LogP) is 2.48. The third kappa shape index (κ3) is 4.01. The zero-order valence-electron chi connectivity index (χ0n) is 16.3. The van der Waals surface area contributed by atoms with Crippen molar-refractivity contribution in [2.75, 3.05) is 20.8 Å². The van der Waals surface area contributed by atoms with Crippen LogP contribution in [0.5, 0.6) is 5.75 Å². The van der Waals surface area contributed by atoms with E-state index in [0.29, 0.717) is 11.3 Å². The highest BCUT2D eigenvalue weighted by molar-refractivity contribution is 5.84. The largest absolute Gasteiger partial charge is 0.497 e. The molecule has 3 atom stereocenters. The van der Waals surface area contributed by atoms with Crippen LogP contribution in [0.2, 0.25) is 0 Å². The van der Waals surface area contributed by atoms with Gasteiger partial charge < -0.3 is 18.9 Å². The molecule has 0 bridgehead atoms. The van der Waals surface area contributed by atoms with E-state index in [1.807, 2.05) is 30.3 Å². The average molecular weight is 397 g/mol. The Labute approximate surface area is 169 Å². The summed E-state index contributed by atoms with van der Waals surface area (Å²) in [5, 5.41) is 3.18. The highest BCUT2D eigenvalue weighted by atomic mass is 16.6. The highest BCUT2D eigenvalue weighted by Gasteiger charge is 2.56. The smallest absolute Gasteiger partial charge is 0.359 e. The zero-order valence-corrected chi connectivity index (χ0v) is 16.3. The normalized spacial score (nSPS) is 23.2. The first-order chi connectivity index (χ1) is 14.1. The molecule has 0 saturated carbocycles. The first-order valence-corrected chi connectivity index (χ1v) is 9.06. The summed E-state index contributed by atoms with van der Waals surface area (Å²) in [6.07, 6.45) is 0.405. The van der Waals surface area contributed by atoms with E-state index in [1.54, 1.807) is 31.4 Å². The van der Waals surface area contributed by atoms with E-state index >= 15 is 0 Å². The van der Waals surface area contributed by atoms with E-state index in [4.69, 9.17) is 18.9 Å². The quantitative estimate of drug-likeness (QED) is 0.568. The Morgan fingerprint density at radius 2 is 1.83 bits per heavy atom. The maximum atomic E-state index is 13.1. The van der Waals surface area contributed by atoms with E-state index in [0.717, 1.165) is 5.56 Å². The molecule has 7 heteroatoms. The molecule has 152 valence electrons. The molecule has 1 aliphatic rings. The summed E-state index contributed by atoms with van der Waals surface area (Å²) in [5.41, 5.74) is -0.455. The maximum Gasteiger partial charge on any atom is 0.359 e. The summed E-state index contributed by atoms with van der Waals surface area (Å²) in [6, 6.07) is 15.4. The number of methoxy groups -OCH3 is 2. The number of carbonyl (C=O) groups is 2. The molecule has 2 aromatic rings. The molecule has 0 spiro atoms. The lowest BCUT2D eigenvalue weighted by atomic mass is 9.99. The van der Waals surface area contributed by atoms with Gasteiger partial charge in [-0.15, -0.1) is 0 Å². The van der Waals surface area contributed by atoms with Gasteiger partial charge in [-0.05, 0) is 17.7 Å². The van der Waals surface area contributed by atoms with Crippen molar-refractivity contribution in [3.05, 3.63) is 78.4 Å². The van der Waals surface area contributed by atoms with Crippen LogP contribution in [0.1, 0.15) is 17.2 Å². The van der Waals surface area contributed by atoms with Gasteiger partial charge in [-0.2, -0.15) is 0 Å². The molecule has 3 rings (SSSR count). The number of carbonyl (C=O) groups excluding carboxylic acids is 2. The summed E-state index contributed by atoms with van der Waals surface area (Å²) >= 11 is 0. The van der Waals surface area contributed by atoms with Crippen molar-refractivity contribution >= 4 is 11.9 Å². The molecule has 3 unspecified atom stereocenters. The highest BCUT2D eigenvalue weighted by Crippen LogP contribution is 2.40. The van der Waals surface area contributed by atoms with Crippen molar-refractivity contribution in [1.29, 1.82) is 0 Å². The molecule has 1 N–H and O–H groups in total. The number of ether oxygens (including phenoxy) is 4. The first-order valence-electron chi connectivity index (χ1n) is 9.06. The van der Waals surface area contributed by atoms with Crippen LogP contribution in [0.4, 0.5) is 0 Å². The van der Waals surface area contributed by atoms with Crippen molar-refractivity contribution in [3.63, 3.8) is 0 Å². The molecule has 2 aromatic carbocycles. The van der Waals surface area contributed by atoms with Crippen LogP contribution in [0.15, 0.2) is 67.3 Å². The van der Waals surface area contributed by atoms with Gasteiger partial charge in [0.25, 0.3) is 0 Å². The minimum atomic E-state index is -1.70. The van der Waals surface area contributed by atoms with Crippen molar-refractivity contribution < 1.29 is 28.5 Å². The Kier molecular flexibility index (Phi) is 6.31. The second-order valence-corrected chi connectivity index (χ2v) is 6.39. The fourth-order valence-corrected chi connectivity index (χ4v) is 3.24. The van der Waals surface area contributed by atoms with Crippen molar-refractivity contribution in [1.82, 2.24) is 5.32 Å². The SMILES string of the molecule is C=CCOC(=O)C1(c2ccc(OC)cc2)NC(c2ccccc2)C(C(=O)OC)O1. The molecule has 1 aliphatic heterocycles. The van der Waals surface area contributed by atoms with Gasteiger partial charge in [-0.1, -0.05) is 55.1 Å². The van der Waals surface area contributed by atoms with E-state index in [-0.39, 0.29) is 6.61 Å². The van der Waals surface area contributed by atoms with Crippen LogP contribution < -0.4 is 10.1 Å². The van der Waals surface area contributed by atoms with Crippen LogP contribution in [-0.2, 0) is 29.5 Å². The second-order valence-electron chi connectivity index (χ2n) is 6.39. The topological polar surface area (TPSA) is 83.1 Å². The molecule has 0 amide bonds. The van der Waals surface area contributed by atoms with Gasteiger partial charge in [-0.3, -0.25) is 5.32 Å². The number of esters is 2. The fraction of sp³-hybridized carbons (Fsp3) is 0.273. The lowest BCUT2D eigenvalue weighted by Gasteiger charge is -2.27. The van der Waals surface area contributed by atoms with Crippen molar-refractivity contribution in [2.45, 2.75) is 17.9 Å². The third-order valence-corrected chi connectivity index (χ3v) is 4.67. The van der Waals surface area contributed by atoms with Gasteiger partial charge in [0.2, 0.25) is 5.72 Å². The second kappa shape index (κ2) is 8.89. The fourth-order valence-electron chi connectivity index (χ4n) is 3.24. The van der Waals surface area contributed by atoms with Gasteiger partial charge in [0.1, 0.15) is 12.4 Å². The molecular weight excluding hydrogens is 374 g/mol. The first kappa shape index (κ1) is 20.6. The van der Waals surface area contributed by atoms with Crippen LogP contribution in [-0.4, -0.2) is 38.9 Å². The van der Waals surface area contributed by atoms with Crippen molar-refractivity contribution in [3.8, 4) is 5.75 Å². The summed E-state index contributed by atoms with van der Waals surface area (Å²) in [4.78, 5) is 25.6. The Morgan fingerprint density at radius 3 is 2.41 bits per heavy atom. The van der Waals surface area contributed by atoms with E-state index in [9.17, 15) is 9.59 Å². The number of benzene rings is 2. The summed E-state index contributed by atoms with van der Waals surface area (Å²) in [6.45, 7) is 3.57. The summed E-state index contributed by atoms with van der Waals surface area (Å²) in [5.74, 6) is -0.668. The van der Waals surface area contributed by atoms with Crippen LogP contribution in [0.25, 0.3) is 0 Å². The zero-order chi connectivity index (χ0) is 20.9. The lowest BCUT2D eigenvalue weighted by Crippen LogP contribution is -2.47. The minimum Gasteiger partial charge on any atom is -0.497 e. The standard InChI is InChI=1S/C22H23NO6/c1-4-14-28-21(25)22(16-10-12-17(26-2)13-11-16)23-18(15-8-6-5-7-9-15)19(29-22)20(24)27-3/h4-13,18-19,23H,1,14H2,2-3H3. The monoisotopic (exact) mass is 397 g/mol. The van der Waals surface area contributed by atoms with Gasteiger partial charge in [0, 0.05) is 5.56 Å². The third-order valence-electron chi connectivity index (χ3n) is 4.67. The van der Waals surface area contributed by atoms with Crippen LogP contribution >= 0.6 is 0 Å². The van der Waals surface area contributed by atoms with Gasteiger partial charge >= 0.3 is 11.9 Å². The minimum absolute atomic E-state index is 0.000667. The molecule has 1 heterocycles. The summed E-state index contributed by atoms with van der Waals surface area (Å²) in [7, 11) is 2.82. The molecule has 7 nitrogen and oxygen atoms in total. The lowest BCUT2D eigenvalue weighted by molar-refractivity contribution is -0.180. The Balaban J connectivity index is 2.07. The van der Waals surface area contributed by atoms with Gasteiger partial charge in [0.15, 0.2) is 6.10 Å². The van der Waals surface area contributed by atoms with E-state index in [2.05, 4.69) is 11.9 Å².